The van der Waals surface area contributed by atoms with Gasteiger partial charge in [-0.05, 0) is 12.5 Å². The van der Waals surface area contributed by atoms with Crippen LogP contribution in [-0.2, 0) is 9.47 Å². The molecular formula is C11H19N3O3. The summed E-state index contributed by atoms with van der Waals surface area (Å²) in [5, 5.41) is 2.77. The average molecular weight is 241 g/mol. The Morgan fingerprint density at radius 3 is 2.94 bits per heavy atom. The summed E-state index contributed by atoms with van der Waals surface area (Å²) in [5.74, 6) is -0.154. The van der Waals surface area contributed by atoms with Gasteiger partial charge in [0.2, 0.25) is 0 Å². The van der Waals surface area contributed by atoms with Gasteiger partial charge in [0.15, 0.2) is 0 Å². The molecule has 1 rings (SSSR count). The lowest BCUT2D eigenvalue weighted by atomic mass is 10.3. The third-order valence-corrected chi connectivity index (χ3v) is 2.13. The van der Waals surface area contributed by atoms with E-state index in [-0.39, 0.29) is 5.91 Å². The highest BCUT2D eigenvalue weighted by atomic mass is 16.5. The Bertz CT molecular complexity index is 338. The Balaban J connectivity index is 2.05. The Morgan fingerprint density at radius 2 is 2.29 bits per heavy atom. The number of anilines is 1. The van der Waals surface area contributed by atoms with Crippen molar-refractivity contribution in [2.75, 3.05) is 39.2 Å². The third kappa shape index (κ3) is 5.37. The van der Waals surface area contributed by atoms with Gasteiger partial charge in [0.1, 0.15) is 5.69 Å². The first-order valence-electron chi connectivity index (χ1n) is 5.53. The number of carbonyl (C=O) groups excluding carboxylic acids is 1. The number of nitrogens with two attached hydrogens (primary N) is 1. The van der Waals surface area contributed by atoms with Gasteiger partial charge in [-0.2, -0.15) is 0 Å². The van der Waals surface area contributed by atoms with Crippen molar-refractivity contribution in [3.05, 3.63) is 18.0 Å². The van der Waals surface area contributed by atoms with Crippen LogP contribution in [0.25, 0.3) is 0 Å². The molecule has 0 bridgehead atoms. The van der Waals surface area contributed by atoms with Gasteiger partial charge in [-0.1, -0.05) is 0 Å². The molecule has 17 heavy (non-hydrogen) atoms. The molecule has 4 N–H and O–H groups in total. The van der Waals surface area contributed by atoms with Crippen molar-refractivity contribution in [3.63, 3.8) is 0 Å². The van der Waals surface area contributed by atoms with E-state index in [4.69, 9.17) is 15.2 Å². The first-order chi connectivity index (χ1) is 8.24. The van der Waals surface area contributed by atoms with E-state index in [0.717, 1.165) is 6.42 Å². The maximum atomic E-state index is 11.5. The highest BCUT2D eigenvalue weighted by molar-refractivity contribution is 5.93. The minimum absolute atomic E-state index is 0.154. The summed E-state index contributed by atoms with van der Waals surface area (Å²) in [7, 11) is 1.63. The number of rotatable bonds is 8. The van der Waals surface area contributed by atoms with Crippen LogP contribution < -0.4 is 11.1 Å². The number of aromatic nitrogens is 1. The van der Waals surface area contributed by atoms with E-state index in [2.05, 4.69) is 10.3 Å². The van der Waals surface area contributed by atoms with Crippen molar-refractivity contribution in [2.45, 2.75) is 6.42 Å². The molecule has 96 valence electrons. The summed E-state index contributed by atoms with van der Waals surface area (Å²) in [5.41, 5.74) is 6.52. The molecule has 0 saturated carbocycles. The number of hydrogen-bond acceptors (Lipinski definition) is 4. The van der Waals surface area contributed by atoms with E-state index >= 15 is 0 Å². The zero-order chi connectivity index (χ0) is 12.5. The van der Waals surface area contributed by atoms with E-state index in [1.807, 2.05) is 0 Å². The summed E-state index contributed by atoms with van der Waals surface area (Å²) in [4.78, 5) is 14.3. The van der Waals surface area contributed by atoms with Crippen molar-refractivity contribution >= 4 is 11.6 Å². The Morgan fingerprint density at radius 1 is 1.47 bits per heavy atom. The standard InChI is InChI=1S/C11H19N3O3/c1-16-5-6-17-4-2-3-13-11(15)10-7-9(12)8-14-10/h7-8,14H,2-6,12H2,1H3,(H,13,15). The van der Waals surface area contributed by atoms with Crippen LogP contribution in [0.15, 0.2) is 12.3 Å². The smallest absolute Gasteiger partial charge is 0.267 e. The Hall–Kier alpha value is -1.53. The minimum Gasteiger partial charge on any atom is -0.397 e. The average Bonchev–Trinajstić information content (AvgIpc) is 2.74. The highest BCUT2D eigenvalue weighted by Gasteiger charge is 2.05. The molecule has 0 radical (unpaired) electrons. The zero-order valence-electron chi connectivity index (χ0n) is 9.99. The number of amides is 1. The second-order valence-corrected chi connectivity index (χ2v) is 3.56. The monoisotopic (exact) mass is 241 g/mol. The first-order valence-corrected chi connectivity index (χ1v) is 5.53. The maximum absolute atomic E-state index is 11.5. The van der Waals surface area contributed by atoms with Gasteiger partial charge >= 0.3 is 0 Å². The first kappa shape index (κ1) is 13.5. The molecule has 1 heterocycles. The molecule has 0 saturated heterocycles. The normalized spacial score (nSPS) is 10.4. The van der Waals surface area contributed by atoms with Gasteiger partial charge in [-0.25, -0.2) is 0 Å². The van der Waals surface area contributed by atoms with Crippen LogP contribution in [-0.4, -0.2) is 44.4 Å². The largest absolute Gasteiger partial charge is 0.397 e. The number of H-pyrrole nitrogens is 1. The molecule has 0 aliphatic rings. The Kier molecular flexibility index (Phi) is 6.13. The highest BCUT2D eigenvalue weighted by Crippen LogP contribution is 2.03. The number of aromatic amines is 1. The summed E-state index contributed by atoms with van der Waals surface area (Å²) >= 11 is 0. The minimum atomic E-state index is -0.154. The number of ether oxygens (including phenoxy) is 2. The molecule has 0 aliphatic carbocycles. The predicted octanol–water partition coefficient (Wildman–Crippen LogP) is 0.380. The summed E-state index contributed by atoms with van der Waals surface area (Å²) in [6.45, 7) is 2.35. The van der Waals surface area contributed by atoms with E-state index in [0.29, 0.717) is 37.7 Å². The van der Waals surface area contributed by atoms with Gasteiger partial charge in [-0.15, -0.1) is 0 Å². The second kappa shape index (κ2) is 7.70. The van der Waals surface area contributed by atoms with E-state index < -0.39 is 0 Å². The van der Waals surface area contributed by atoms with Gasteiger partial charge in [-0.3, -0.25) is 4.79 Å². The molecule has 0 aromatic carbocycles. The van der Waals surface area contributed by atoms with E-state index in [1.54, 1.807) is 19.4 Å². The van der Waals surface area contributed by atoms with Gasteiger partial charge < -0.3 is 25.5 Å². The molecule has 6 nitrogen and oxygen atoms in total. The molecular weight excluding hydrogens is 222 g/mol. The van der Waals surface area contributed by atoms with E-state index in [1.165, 1.54) is 0 Å². The van der Waals surface area contributed by atoms with Crippen LogP contribution >= 0.6 is 0 Å². The van der Waals surface area contributed by atoms with Gasteiger partial charge in [0.05, 0.1) is 13.2 Å². The maximum Gasteiger partial charge on any atom is 0.267 e. The van der Waals surface area contributed by atoms with Crippen LogP contribution in [0, 0.1) is 0 Å². The van der Waals surface area contributed by atoms with Crippen LogP contribution in [0.1, 0.15) is 16.9 Å². The Labute approximate surface area is 100 Å². The van der Waals surface area contributed by atoms with Crippen LogP contribution in [0.4, 0.5) is 5.69 Å². The quantitative estimate of drug-likeness (QED) is 0.574. The van der Waals surface area contributed by atoms with Crippen molar-refractivity contribution in [1.82, 2.24) is 10.3 Å². The second-order valence-electron chi connectivity index (χ2n) is 3.56. The summed E-state index contributed by atoms with van der Waals surface area (Å²) < 4.78 is 10.1. The molecule has 0 fully saturated rings. The molecule has 0 atom stereocenters. The van der Waals surface area contributed by atoms with Crippen LogP contribution in [0.5, 0.6) is 0 Å². The third-order valence-electron chi connectivity index (χ3n) is 2.13. The fourth-order valence-electron chi connectivity index (χ4n) is 1.26. The number of hydrogen-bond donors (Lipinski definition) is 3. The SMILES string of the molecule is COCCOCCCNC(=O)c1cc(N)c[nH]1. The van der Waals surface area contributed by atoms with E-state index in [9.17, 15) is 4.79 Å². The molecule has 0 unspecified atom stereocenters. The van der Waals surface area contributed by atoms with Gasteiger partial charge in [0, 0.05) is 32.1 Å². The van der Waals surface area contributed by atoms with Crippen molar-refractivity contribution < 1.29 is 14.3 Å². The van der Waals surface area contributed by atoms with Crippen molar-refractivity contribution in [3.8, 4) is 0 Å². The lowest BCUT2D eigenvalue weighted by molar-refractivity contribution is 0.0688. The molecule has 6 heteroatoms. The fourth-order valence-corrected chi connectivity index (χ4v) is 1.26. The zero-order valence-corrected chi connectivity index (χ0v) is 9.99. The number of carbonyl (C=O) groups is 1. The van der Waals surface area contributed by atoms with Crippen LogP contribution in [0.3, 0.4) is 0 Å². The topological polar surface area (TPSA) is 89.4 Å². The fraction of sp³-hybridized carbons (Fsp3) is 0.545. The molecule has 1 aromatic heterocycles. The molecule has 0 spiro atoms. The van der Waals surface area contributed by atoms with Crippen LogP contribution in [0.2, 0.25) is 0 Å². The predicted molar refractivity (Wildman–Crippen MR) is 64.9 cm³/mol. The molecule has 0 aliphatic heterocycles. The number of methoxy groups -OCH3 is 1. The van der Waals surface area contributed by atoms with Gasteiger partial charge in [0.25, 0.3) is 5.91 Å². The number of nitrogen functional groups attached to an aromatic ring is 1. The lowest BCUT2D eigenvalue weighted by Crippen LogP contribution is -2.25. The van der Waals surface area contributed by atoms with Crippen molar-refractivity contribution in [1.29, 1.82) is 0 Å². The molecule has 1 aromatic rings. The molecule has 1 amide bonds. The summed E-state index contributed by atoms with van der Waals surface area (Å²) in [6.07, 6.45) is 2.36. The number of nitrogens with one attached hydrogen (secondary N) is 2. The van der Waals surface area contributed by atoms with Crippen molar-refractivity contribution in [2.24, 2.45) is 0 Å². The lowest BCUT2D eigenvalue weighted by Gasteiger charge is -2.05. The summed E-state index contributed by atoms with van der Waals surface area (Å²) in [6, 6.07) is 1.60.